The highest BCUT2D eigenvalue weighted by Gasteiger charge is 2.05. The third-order valence-corrected chi connectivity index (χ3v) is 3.22. The molecular weight excluding hydrogens is 236 g/mol. The Morgan fingerprint density at radius 1 is 1.16 bits per heavy atom. The molecule has 100 valence electrons. The number of aromatic nitrogens is 1. The summed E-state index contributed by atoms with van der Waals surface area (Å²) in [6.45, 7) is 2.94. The largest absolute Gasteiger partial charge is 0.352 e. The molecule has 0 unspecified atom stereocenters. The van der Waals surface area contributed by atoms with Gasteiger partial charge in [0, 0.05) is 29.9 Å². The van der Waals surface area contributed by atoms with Crippen molar-refractivity contribution in [2.24, 2.45) is 0 Å². The van der Waals surface area contributed by atoms with Gasteiger partial charge < -0.3 is 5.32 Å². The van der Waals surface area contributed by atoms with Gasteiger partial charge in [0.25, 0.3) is 5.91 Å². The van der Waals surface area contributed by atoms with Gasteiger partial charge in [-0.1, -0.05) is 32.3 Å². The minimum atomic E-state index is 0.00945. The van der Waals surface area contributed by atoms with E-state index in [1.165, 1.54) is 19.3 Å². The van der Waals surface area contributed by atoms with Crippen LogP contribution in [-0.4, -0.2) is 17.4 Å². The second-order valence-corrected chi connectivity index (χ2v) is 4.75. The smallest absolute Gasteiger partial charge is 0.251 e. The lowest BCUT2D eigenvalue weighted by atomic mass is 10.1. The Hall–Kier alpha value is -1.90. The maximum Gasteiger partial charge on any atom is 0.251 e. The summed E-state index contributed by atoms with van der Waals surface area (Å²) in [5.74, 6) is 0.00945. The van der Waals surface area contributed by atoms with Crippen molar-refractivity contribution < 1.29 is 4.79 Å². The molecule has 0 bridgehead atoms. The highest BCUT2D eigenvalue weighted by Crippen LogP contribution is 2.14. The fourth-order valence-electron chi connectivity index (χ4n) is 2.08. The Morgan fingerprint density at radius 3 is 2.89 bits per heavy atom. The molecule has 0 aliphatic heterocycles. The molecule has 2 aromatic rings. The van der Waals surface area contributed by atoms with Gasteiger partial charge in [0.15, 0.2) is 0 Å². The van der Waals surface area contributed by atoms with E-state index in [1.807, 2.05) is 30.5 Å². The summed E-state index contributed by atoms with van der Waals surface area (Å²) in [5.41, 5.74) is 0.717. The SMILES string of the molecule is CCCCCCNC(=O)c1ccc2cnccc2c1. The monoisotopic (exact) mass is 256 g/mol. The Morgan fingerprint density at radius 2 is 2.05 bits per heavy atom. The number of fused-ring (bicyclic) bond motifs is 1. The summed E-state index contributed by atoms with van der Waals surface area (Å²) in [6, 6.07) is 7.63. The first-order chi connectivity index (χ1) is 9.31. The van der Waals surface area contributed by atoms with Crippen molar-refractivity contribution in [1.82, 2.24) is 10.3 Å². The molecule has 0 atom stereocenters. The maximum absolute atomic E-state index is 12.0. The van der Waals surface area contributed by atoms with Crippen LogP contribution in [0.4, 0.5) is 0 Å². The molecule has 19 heavy (non-hydrogen) atoms. The van der Waals surface area contributed by atoms with Gasteiger partial charge in [0.2, 0.25) is 0 Å². The number of carbonyl (C=O) groups excluding carboxylic acids is 1. The predicted molar refractivity (Wildman–Crippen MR) is 78.2 cm³/mol. The molecule has 1 N–H and O–H groups in total. The van der Waals surface area contributed by atoms with E-state index in [-0.39, 0.29) is 5.91 Å². The number of benzene rings is 1. The number of carbonyl (C=O) groups is 1. The summed E-state index contributed by atoms with van der Waals surface area (Å²) in [6.07, 6.45) is 8.24. The molecular formula is C16H20N2O. The lowest BCUT2D eigenvalue weighted by Crippen LogP contribution is -2.24. The van der Waals surface area contributed by atoms with E-state index in [0.717, 1.165) is 23.7 Å². The van der Waals surface area contributed by atoms with Crippen molar-refractivity contribution >= 4 is 16.7 Å². The van der Waals surface area contributed by atoms with E-state index in [0.29, 0.717) is 5.56 Å². The molecule has 3 heteroatoms. The number of hydrogen-bond donors (Lipinski definition) is 1. The molecule has 0 aliphatic carbocycles. The molecule has 0 saturated carbocycles. The van der Waals surface area contributed by atoms with E-state index in [9.17, 15) is 4.79 Å². The van der Waals surface area contributed by atoms with E-state index in [1.54, 1.807) is 6.20 Å². The van der Waals surface area contributed by atoms with Gasteiger partial charge in [-0.25, -0.2) is 0 Å². The first-order valence-corrected chi connectivity index (χ1v) is 6.93. The molecule has 1 amide bonds. The van der Waals surface area contributed by atoms with Crippen molar-refractivity contribution in [1.29, 1.82) is 0 Å². The number of nitrogens with one attached hydrogen (secondary N) is 1. The van der Waals surface area contributed by atoms with Gasteiger partial charge >= 0.3 is 0 Å². The molecule has 1 aromatic heterocycles. The predicted octanol–water partition coefficient (Wildman–Crippen LogP) is 3.54. The van der Waals surface area contributed by atoms with Crippen LogP contribution in [0.3, 0.4) is 0 Å². The van der Waals surface area contributed by atoms with Crippen LogP contribution in [0, 0.1) is 0 Å². The molecule has 0 aliphatic rings. The summed E-state index contributed by atoms with van der Waals surface area (Å²) in [4.78, 5) is 16.1. The topological polar surface area (TPSA) is 42.0 Å². The standard InChI is InChI=1S/C16H20N2O/c1-2-3-4-5-9-18-16(19)14-6-7-15-12-17-10-8-13(15)11-14/h6-8,10-12H,2-5,9H2,1H3,(H,18,19). The Kier molecular flexibility index (Phi) is 4.90. The zero-order chi connectivity index (χ0) is 13.5. The van der Waals surface area contributed by atoms with Gasteiger partial charge in [-0.2, -0.15) is 0 Å². The molecule has 0 spiro atoms. The first-order valence-electron chi connectivity index (χ1n) is 6.93. The molecule has 0 fully saturated rings. The molecule has 1 heterocycles. The number of unbranched alkanes of at least 4 members (excludes halogenated alkanes) is 3. The fraction of sp³-hybridized carbons (Fsp3) is 0.375. The Bertz CT molecular complexity index is 551. The van der Waals surface area contributed by atoms with Crippen LogP contribution in [0.25, 0.3) is 10.8 Å². The molecule has 3 nitrogen and oxygen atoms in total. The average molecular weight is 256 g/mol. The number of rotatable bonds is 6. The second-order valence-electron chi connectivity index (χ2n) is 4.75. The summed E-state index contributed by atoms with van der Waals surface area (Å²) >= 11 is 0. The fourth-order valence-corrected chi connectivity index (χ4v) is 2.08. The van der Waals surface area contributed by atoms with E-state index < -0.39 is 0 Å². The average Bonchev–Trinajstić information content (AvgIpc) is 2.46. The van der Waals surface area contributed by atoms with E-state index >= 15 is 0 Å². The highest BCUT2D eigenvalue weighted by atomic mass is 16.1. The summed E-state index contributed by atoms with van der Waals surface area (Å²) in [5, 5.41) is 5.08. The first kappa shape index (κ1) is 13.5. The minimum Gasteiger partial charge on any atom is -0.352 e. The van der Waals surface area contributed by atoms with Gasteiger partial charge in [-0.05, 0) is 30.0 Å². The van der Waals surface area contributed by atoms with Gasteiger partial charge in [-0.3, -0.25) is 9.78 Å². The molecule has 1 aromatic carbocycles. The van der Waals surface area contributed by atoms with Crippen LogP contribution in [0.2, 0.25) is 0 Å². The van der Waals surface area contributed by atoms with Crippen molar-refractivity contribution in [2.75, 3.05) is 6.54 Å². The van der Waals surface area contributed by atoms with Crippen molar-refractivity contribution in [3.63, 3.8) is 0 Å². The van der Waals surface area contributed by atoms with Crippen molar-refractivity contribution in [3.8, 4) is 0 Å². The van der Waals surface area contributed by atoms with E-state index in [4.69, 9.17) is 0 Å². The summed E-state index contributed by atoms with van der Waals surface area (Å²) in [7, 11) is 0. The van der Waals surface area contributed by atoms with Crippen LogP contribution < -0.4 is 5.32 Å². The summed E-state index contributed by atoms with van der Waals surface area (Å²) < 4.78 is 0. The van der Waals surface area contributed by atoms with Crippen LogP contribution in [-0.2, 0) is 0 Å². The number of amides is 1. The number of pyridine rings is 1. The van der Waals surface area contributed by atoms with Crippen molar-refractivity contribution in [2.45, 2.75) is 32.6 Å². The van der Waals surface area contributed by atoms with Crippen LogP contribution in [0.1, 0.15) is 43.0 Å². The quantitative estimate of drug-likeness (QED) is 0.803. The van der Waals surface area contributed by atoms with Gasteiger partial charge in [0.05, 0.1) is 0 Å². The molecule has 2 rings (SSSR count). The normalized spacial score (nSPS) is 10.6. The maximum atomic E-state index is 12.0. The third-order valence-electron chi connectivity index (χ3n) is 3.22. The molecule has 0 saturated heterocycles. The molecule has 0 radical (unpaired) electrons. The van der Waals surface area contributed by atoms with Crippen LogP contribution >= 0.6 is 0 Å². The second kappa shape index (κ2) is 6.88. The van der Waals surface area contributed by atoms with Gasteiger partial charge in [0.1, 0.15) is 0 Å². The van der Waals surface area contributed by atoms with Crippen molar-refractivity contribution in [3.05, 3.63) is 42.2 Å². The Labute approximate surface area is 114 Å². The highest BCUT2D eigenvalue weighted by molar-refractivity contribution is 5.98. The van der Waals surface area contributed by atoms with Crippen LogP contribution in [0.15, 0.2) is 36.7 Å². The lowest BCUT2D eigenvalue weighted by molar-refractivity contribution is 0.0953. The van der Waals surface area contributed by atoms with E-state index in [2.05, 4.69) is 17.2 Å². The lowest BCUT2D eigenvalue weighted by Gasteiger charge is -2.06. The van der Waals surface area contributed by atoms with Gasteiger partial charge in [-0.15, -0.1) is 0 Å². The Balaban J connectivity index is 1.93. The van der Waals surface area contributed by atoms with Crippen LogP contribution in [0.5, 0.6) is 0 Å². The number of nitrogens with zero attached hydrogens (tertiary/aromatic N) is 1. The third kappa shape index (κ3) is 3.78. The zero-order valence-corrected chi connectivity index (χ0v) is 11.4. The number of hydrogen-bond acceptors (Lipinski definition) is 2. The minimum absolute atomic E-state index is 0.00945. The zero-order valence-electron chi connectivity index (χ0n) is 11.4.